The molecule has 0 aliphatic carbocycles. The number of non-ortho nitro benzene ring substituents is 1. The predicted molar refractivity (Wildman–Crippen MR) is 130 cm³/mol. The number of hydrogen-bond acceptors (Lipinski definition) is 8. The number of aryl methyl sites for hydroxylation is 3. The molecule has 3 heterocycles. The Kier molecular flexibility index (Phi) is 5.25. The first-order valence-corrected chi connectivity index (χ1v) is 11.5. The molecule has 35 heavy (non-hydrogen) atoms. The van der Waals surface area contributed by atoms with Crippen LogP contribution in [0.1, 0.15) is 39.0 Å². The topological polar surface area (TPSA) is 127 Å². The molecule has 9 nitrogen and oxygen atoms in total. The number of nitro groups is 1. The summed E-state index contributed by atoms with van der Waals surface area (Å²) in [5.74, 6) is -1.81. The third-order valence-electron chi connectivity index (χ3n) is 5.84. The second-order valence-corrected chi connectivity index (χ2v) is 9.37. The number of hydrogen-bond donors (Lipinski definition) is 1. The summed E-state index contributed by atoms with van der Waals surface area (Å²) in [5.41, 5.74) is 2.49. The Labute approximate surface area is 203 Å². The number of aliphatic hydroxyl groups excluding tert-OH is 1. The van der Waals surface area contributed by atoms with E-state index in [9.17, 15) is 24.8 Å². The van der Waals surface area contributed by atoms with Gasteiger partial charge in [0.2, 0.25) is 5.78 Å². The average Bonchev–Trinajstić information content (AvgIpc) is 3.50. The molecule has 1 aliphatic heterocycles. The fourth-order valence-electron chi connectivity index (χ4n) is 4.31. The van der Waals surface area contributed by atoms with Crippen molar-refractivity contribution in [3.05, 3.63) is 98.2 Å². The van der Waals surface area contributed by atoms with Crippen LogP contribution in [0.15, 0.2) is 64.3 Å². The Morgan fingerprint density at radius 1 is 1.17 bits per heavy atom. The number of benzene rings is 2. The van der Waals surface area contributed by atoms with Gasteiger partial charge in [0.1, 0.15) is 5.76 Å². The molecule has 0 spiro atoms. The molecule has 2 aromatic carbocycles. The van der Waals surface area contributed by atoms with E-state index in [1.807, 2.05) is 26.0 Å². The molecule has 0 bridgehead atoms. The lowest BCUT2D eigenvalue weighted by Gasteiger charge is -2.24. The highest BCUT2D eigenvalue weighted by atomic mass is 32.1. The molecule has 0 unspecified atom stereocenters. The minimum absolute atomic E-state index is 0.0510. The number of carbonyl (C=O) groups excluding carboxylic acids is 2. The summed E-state index contributed by atoms with van der Waals surface area (Å²) < 4.78 is 6.30. The number of fused-ring (bicyclic) bond motifs is 1. The Morgan fingerprint density at radius 3 is 2.63 bits per heavy atom. The number of furan rings is 1. The van der Waals surface area contributed by atoms with E-state index < -0.39 is 28.4 Å². The van der Waals surface area contributed by atoms with Crippen molar-refractivity contribution in [1.82, 2.24) is 4.98 Å². The molecule has 0 radical (unpaired) electrons. The van der Waals surface area contributed by atoms with Crippen LogP contribution in [0.3, 0.4) is 0 Å². The van der Waals surface area contributed by atoms with Gasteiger partial charge in [0, 0.05) is 12.1 Å². The largest absolute Gasteiger partial charge is 0.503 e. The number of anilines is 1. The number of amides is 1. The maximum absolute atomic E-state index is 13.4. The van der Waals surface area contributed by atoms with Crippen molar-refractivity contribution in [2.75, 3.05) is 4.90 Å². The van der Waals surface area contributed by atoms with Crippen LogP contribution >= 0.6 is 11.3 Å². The summed E-state index contributed by atoms with van der Waals surface area (Å²) in [4.78, 5) is 43.5. The van der Waals surface area contributed by atoms with Crippen LogP contribution in [-0.2, 0) is 4.79 Å². The van der Waals surface area contributed by atoms with Crippen LogP contribution in [0.5, 0.6) is 0 Å². The summed E-state index contributed by atoms with van der Waals surface area (Å²) in [7, 11) is 0. The van der Waals surface area contributed by atoms with Crippen molar-refractivity contribution in [1.29, 1.82) is 0 Å². The van der Waals surface area contributed by atoms with Crippen molar-refractivity contribution in [3.8, 4) is 0 Å². The smallest absolute Gasteiger partial charge is 0.296 e. The van der Waals surface area contributed by atoms with E-state index in [-0.39, 0.29) is 27.7 Å². The summed E-state index contributed by atoms with van der Waals surface area (Å²) in [6.07, 6.45) is 0. The fourth-order valence-corrected chi connectivity index (χ4v) is 5.48. The lowest BCUT2D eigenvalue weighted by Crippen LogP contribution is -2.31. The molecule has 1 aliphatic rings. The molecule has 1 amide bonds. The zero-order valence-electron chi connectivity index (χ0n) is 18.9. The molecule has 1 N–H and O–H groups in total. The molecule has 0 saturated heterocycles. The molecule has 0 saturated carbocycles. The maximum Gasteiger partial charge on any atom is 0.296 e. The number of rotatable bonds is 5. The van der Waals surface area contributed by atoms with Crippen molar-refractivity contribution < 1.29 is 24.0 Å². The number of carbonyl (C=O) groups is 2. The van der Waals surface area contributed by atoms with Crippen LogP contribution in [-0.4, -0.2) is 26.7 Å². The zero-order chi connectivity index (χ0) is 25.0. The van der Waals surface area contributed by atoms with Gasteiger partial charge in [0.25, 0.3) is 11.6 Å². The number of aliphatic hydroxyl groups is 1. The van der Waals surface area contributed by atoms with Gasteiger partial charge < -0.3 is 9.52 Å². The number of nitrogens with zero attached hydrogens (tertiary/aromatic N) is 3. The van der Waals surface area contributed by atoms with Crippen LogP contribution in [0, 0.1) is 30.9 Å². The number of aromatic nitrogens is 1. The molecule has 0 fully saturated rings. The average molecular weight is 490 g/mol. The molecule has 176 valence electrons. The van der Waals surface area contributed by atoms with Gasteiger partial charge in [0.05, 0.1) is 26.8 Å². The zero-order valence-corrected chi connectivity index (χ0v) is 19.8. The molecule has 4 aromatic rings. The number of thiazole rings is 1. The minimum Gasteiger partial charge on any atom is -0.503 e. The van der Waals surface area contributed by atoms with Crippen LogP contribution in [0.4, 0.5) is 10.8 Å². The lowest BCUT2D eigenvalue weighted by molar-refractivity contribution is -0.384. The van der Waals surface area contributed by atoms with Gasteiger partial charge in [-0.15, -0.1) is 0 Å². The van der Waals surface area contributed by atoms with E-state index in [0.29, 0.717) is 11.3 Å². The second kappa shape index (κ2) is 8.17. The fraction of sp³-hybridized carbons (Fsp3) is 0.160. The van der Waals surface area contributed by atoms with Crippen LogP contribution < -0.4 is 4.90 Å². The summed E-state index contributed by atoms with van der Waals surface area (Å²) in [6.45, 7) is 5.53. The van der Waals surface area contributed by atoms with E-state index in [0.717, 1.165) is 15.8 Å². The van der Waals surface area contributed by atoms with E-state index in [1.165, 1.54) is 40.5 Å². The number of Topliss-reactive ketones (excluding diaryl/α,β-unsaturated/α-hetero) is 1. The minimum atomic E-state index is -1.14. The Bertz CT molecular complexity index is 1580. The first-order chi connectivity index (χ1) is 16.7. The molecule has 1 atom stereocenters. The quantitative estimate of drug-likeness (QED) is 0.223. The Hall–Kier alpha value is -4.31. The van der Waals surface area contributed by atoms with Gasteiger partial charge in [-0.1, -0.05) is 29.5 Å². The van der Waals surface area contributed by atoms with Gasteiger partial charge in [0.15, 0.2) is 16.7 Å². The molecule has 10 heteroatoms. The third-order valence-corrected chi connectivity index (χ3v) is 6.84. The monoisotopic (exact) mass is 489 g/mol. The maximum atomic E-state index is 13.4. The van der Waals surface area contributed by atoms with Crippen LogP contribution in [0.2, 0.25) is 0 Å². The molecule has 5 rings (SSSR count). The first kappa shape index (κ1) is 22.5. The van der Waals surface area contributed by atoms with E-state index in [2.05, 4.69) is 4.98 Å². The normalized spacial score (nSPS) is 15.9. The summed E-state index contributed by atoms with van der Waals surface area (Å²) >= 11 is 1.24. The molecular weight excluding hydrogens is 470 g/mol. The predicted octanol–water partition coefficient (Wildman–Crippen LogP) is 5.51. The SMILES string of the molecule is Cc1cc(C)c2nc(N3C(=O)C(O)=C(C(=O)c4ccc(C)o4)[C@H]3c3cccc([N+](=O)[O-])c3)sc2c1. The highest BCUT2D eigenvalue weighted by molar-refractivity contribution is 7.22. The van der Waals surface area contributed by atoms with Crippen molar-refractivity contribution >= 4 is 44.1 Å². The summed E-state index contributed by atoms with van der Waals surface area (Å²) in [5, 5.41) is 22.6. The highest BCUT2D eigenvalue weighted by Gasteiger charge is 2.47. The van der Waals surface area contributed by atoms with Crippen molar-refractivity contribution in [2.24, 2.45) is 0 Å². The standard InChI is InChI=1S/C25H19N3O6S/c1-12-9-13(2)20-18(10-12)35-25(26-20)27-21(15-5-4-6-16(11-15)28(32)33)19(23(30)24(27)31)22(29)17-8-7-14(3)34-17/h4-11,21,30H,1-3H3/t21-/m1/s1. The van der Waals surface area contributed by atoms with Gasteiger partial charge in [-0.25, -0.2) is 4.98 Å². The summed E-state index contributed by atoms with van der Waals surface area (Å²) in [6, 6.07) is 11.5. The Morgan fingerprint density at radius 2 is 1.94 bits per heavy atom. The highest BCUT2D eigenvalue weighted by Crippen LogP contribution is 2.45. The number of nitro benzene ring substituents is 1. The third kappa shape index (κ3) is 3.68. The van der Waals surface area contributed by atoms with Gasteiger partial charge >= 0.3 is 0 Å². The van der Waals surface area contributed by atoms with Crippen LogP contribution in [0.25, 0.3) is 10.2 Å². The van der Waals surface area contributed by atoms with E-state index in [1.54, 1.807) is 19.1 Å². The second-order valence-electron chi connectivity index (χ2n) is 8.36. The molecular formula is C25H19N3O6S. The van der Waals surface area contributed by atoms with Gasteiger partial charge in [-0.3, -0.25) is 24.6 Å². The van der Waals surface area contributed by atoms with E-state index >= 15 is 0 Å². The van der Waals surface area contributed by atoms with Gasteiger partial charge in [-0.2, -0.15) is 0 Å². The van der Waals surface area contributed by atoms with Crippen molar-refractivity contribution in [2.45, 2.75) is 26.8 Å². The number of ketones is 1. The van der Waals surface area contributed by atoms with Gasteiger partial charge in [-0.05, 0) is 55.7 Å². The Balaban J connectivity index is 1.72. The lowest BCUT2D eigenvalue weighted by atomic mass is 9.95. The van der Waals surface area contributed by atoms with Crippen molar-refractivity contribution in [3.63, 3.8) is 0 Å². The van der Waals surface area contributed by atoms with E-state index in [4.69, 9.17) is 4.42 Å². The first-order valence-electron chi connectivity index (χ1n) is 10.7. The molecule has 2 aromatic heterocycles.